The van der Waals surface area contributed by atoms with E-state index in [4.69, 9.17) is 18.9 Å². The molecule has 0 aromatic heterocycles. The molecule has 2 aliphatic heterocycles. The predicted octanol–water partition coefficient (Wildman–Crippen LogP) is 0.809. The maximum Gasteiger partial charge on any atom is 0.410 e. The first-order chi connectivity index (χ1) is 9.78. The smallest absolute Gasteiger partial charge is 0.410 e. The second-order valence-corrected chi connectivity index (χ2v) is 6.37. The molecule has 0 bridgehead atoms. The number of likely N-dealkylation sites (tertiary alicyclic amines) is 1. The van der Waals surface area contributed by atoms with Gasteiger partial charge in [0, 0.05) is 20.8 Å². The van der Waals surface area contributed by atoms with Crippen molar-refractivity contribution in [2.45, 2.75) is 44.3 Å². The zero-order valence-corrected chi connectivity index (χ0v) is 13.1. The molecule has 0 saturated carbocycles. The first-order valence-corrected chi connectivity index (χ1v) is 6.95. The van der Waals surface area contributed by atoms with Gasteiger partial charge in [-0.25, -0.2) is 4.79 Å². The monoisotopic (exact) mass is 301 g/mol. The van der Waals surface area contributed by atoms with E-state index >= 15 is 0 Å². The molecule has 1 amide bonds. The molecule has 3 atom stereocenters. The summed E-state index contributed by atoms with van der Waals surface area (Å²) in [5.74, 6) is -1.48. The molecule has 7 nitrogen and oxygen atoms in total. The van der Waals surface area contributed by atoms with E-state index in [1.54, 1.807) is 20.8 Å². The molecule has 2 fully saturated rings. The zero-order valence-electron chi connectivity index (χ0n) is 13.1. The number of carbonyl (C=O) groups excluding carboxylic acids is 2. The standard InChI is InChI=1S/C14H23NO6/c1-13(2,3)21-12(17)15-6-9(7-16)10-11(15)14(18-4,19-5)8-20-10/h7,9-11H,6,8H2,1-5H3/t9-,10+,11-/m0/s1. The van der Waals surface area contributed by atoms with Crippen LogP contribution in [0, 0.1) is 5.92 Å². The maximum atomic E-state index is 12.4. The molecule has 120 valence electrons. The summed E-state index contributed by atoms with van der Waals surface area (Å²) in [4.78, 5) is 25.1. The van der Waals surface area contributed by atoms with Gasteiger partial charge in [-0.05, 0) is 20.8 Å². The summed E-state index contributed by atoms with van der Waals surface area (Å²) >= 11 is 0. The van der Waals surface area contributed by atoms with E-state index < -0.39 is 35.5 Å². The molecule has 2 aliphatic rings. The Morgan fingerprint density at radius 3 is 2.43 bits per heavy atom. The average molecular weight is 301 g/mol. The van der Waals surface area contributed by atoms with Crippen molar-refractivity contribution < 1.29 is 28.5 Å². The molecule has 0 aromatic carbocycles. The Morgan fingerprint density at radius 1 is 1.33 bits per heavy atom. The highest BCUT2D eigenvalue weighted by Gasteiger charge is 2.62. The van der Waals surface area contributed by atoms with Gasteiger partial charge in [0.1, 0.15) is 24.5 Å². The van der Waals surface area contributed by atoms with E-state index in [0.29, 0.717) is 0 Å². The van der Waals surface area contributed by atoms with Gasteiger partial charge in [0.2, 0.25) is 5.79 Å². The molecule has 2 rings (SSSR count). The Balaban J connectivity index is 2.28. The highest BCUT2D eigenvalue weighted by atomic mass is 16.7. The van der Waals surface area contributed by atoms with Crippen LogP contribution in [0.5, 0.6) is 0 Å². The van der Waals surface area contributed by atoms with Crippen molar-refractivity contribution in [3.63, 3.8) is 0 Å². The van der Waals surface area contributed by atoms with Crippen LogP contribution in [0.4, 0.5) is 4.79 Å². The minimum atomic E-state index is -1.07. The van der Waals surface area contributed by atoms with Crippen LogP contribution >= 0.6 is 0 Å². The predicted molar refractivity (Wildman–Crippen MR) is 72.8 cm³/mol. The third-order valence-corrected chi connectivity index (χ3v) is 3.90. The number of methoxy groups -OCH3 is 2. The number of carbonyl (C=O) groups is 2. The molecule has 2 saturated heterocycles. The van der Waals surface area contributed by atoms with E-state index in [1.165, 1.54) is 19.1 Å². The molecule has 0 radical (unpaired) electrons. The Bertz CT molecular complexity index is 414. The van der Waals surface area contributed by atoms with Gasteiger partial charge in [0.15, 0.2) is 0 Å². The van der Waals surface area contributed by atoms with E-state index in [0.717, 1.165) is 6.29 Å². The number of rotatable bonds is 3. The van der Waals surface area contributed by atoms with Gasteiger partial charge >= 0.3 is 6.09 Å². The molecule has 0 spiro atoms. The summed E-state index contributed by atoms with van der Waals surface area (Å²) < 4.78 is 22.0. The van der Waals surface area contributed by atoms with Crippen LogP contribution in [0.3, 0.4) is 0 Å². The molecule has 0 aliphatic carbocycles. The van der Waals surface area contributed by atoms with Crippen molar-refractivity contribution in [3.8, 4) is 0 Å². The van der Waals surface area contributed by atoms with Crippen molar-refractivity contribution >= 4 is 12.4 Å². The van der Waals surface area contributed by atoms with E-state index in [1.807, 2.05) is 0 Å². The average Bonchev–Trinajstić information content (AvgIpc) is 2.94. The Morgan fingerprint density at radius 2 is 1.95 bits per heavy atom. The summed E-state index contributed by atoms with van der Waals surface area (Å²) in [5, 5.41) is 0. The number of hydrogen-bond acceptors (Lipinski definition) is 6. The van der Waals surface area contributed by atoms with Gasteiger partial charge in [-0.15, -0.1) is 0 Å². The van der Waals surface area contributed by atoms with Crippen molar-refractivity contribution in [1.29, 1.82) is 0 Å². The number of aldehydes is 1. The second-order valence-electron chi connectivity index (χ2n) is 6.37. The lowest BCUT2D eigenvalue weighted by Gasteiger charge is -2.36. The first kappa shape index (κ1) is 16.2. The van der Waals surface area contributed by atoms with Gasteiger partial charge in [0.05, 0.1) is 12.0 Å². The second kappa shape index (κ2) is 5.55. The highest BCUT2D eigenvalue weighted by molar-refractivity contribution is 5.71. The summed E-state index contributed by atoms with van der Waals surface area (Å²) in [6, 6.07) is -0.502. The third kappa shape index (κ3) is 2.77. The third-order valence-electron chi connectivity index (χ3n) is 3.90. The number of fused-ring (bicyclic) bond motifs is 1. The van der Waals surface area contributed by atoms with Gasteiger partial charge in [0.25, 0.3) is 0 Å². The van der Waals surface area contributed by atoms with E-state index in [-0.39, 0.29) is 13.2 Å². The summed E-state index contributed by atoms with van der Waals surface area (Å²) in [7, 11) is 2.99. The Labute approximate surface area is 124 Å². The van der Waals surface area contributed by atoms with Crippen molar-refractivity contribution in [3.05, 3.63) is 0 Å². The van der Waals surface area contributed by atoms with E-state index in [9.17, 15) is 9.59 Å². The van der Waals surface area contributed by atoms with Crippen molar-refractivity contribution in [2.75, 3.05) is 27.4 Å². The van der Waals surface area contributed by atoms with Gasteiger partial charge in [-0.3, -0.25) is 4.90 Å². The van der Waals surface area contributed by atoms with Crippen molar-refractivity contribution in [2.24, 2.45) is 5.92 Å². The van der Waals surface area contributed by atoms with Crippen molar-refractivity contribution in [1.82, 2.24) is 4.90 Å². The van der Waals surface area contributed by atoms with E-state index in [2.05, 4.69) is 0 Å². The maximum absolute atomic E-state index is 12.4. The lowest BCUT2D eigenvalue weighted by Crippen LogP contribution is -2.55. The molecule has 2 heterocycles. The van der Waals surface area contributed by atoms with Crippen LogP contribution in [0.1, 0.15) is 20.8 Å². The summed E-state index contributed by atoms with van der Waals surface area (Å²) in [6.45, 7) is 5.78. The fourth-order valence-electron chi connectivity index (χ4n) is 2.93. The molecular weight excluding hydrogens is 278 g/mol. The number of hydrogen-bond donors (Lipinski definition) is 0. The fraction of sp³-hybridized carbons (Fsp3) is 0.857. The molecular formula is C14H23NO6. The Hall–Kier alpha value is -1.18. The largest absolute Gasteiger partial charge is 0.444 e. The van der Waals surface area contributed by atoms with Crippen LogP contribution in [0.15, 0.2) is 0 Å². The van der Waals surface area contributed by atoms with Gasteiger partial charge < -0.3 is 23.7 Å². The van der Waals surface area contributed by atoms with Crippen LogP contribution < -0.4 is 0 Å². The quantitative estimate of drug-likeness (QED) is 0.567. The Kier molecular flexibility index (Phi) is 4.28. The fourth-order valence-corrected chi connectivity index (χ4v) is 2.93. The molecule has 21 heavy (non-hydrogen) atoms. The van der Waals surface area contributed by atoms with Crippen LogP contribution in [0.2, 0.25) is 0 Å². The minimum Gasteiger partial charge on any atom is -0.444 e. The van der Waals surface area contributed by atoms with Crippen LogP contribution in [-0.4, -0.2) is 68.2 Å². The first-order valence-electron chi connectivity index (χ1n) is 6.95. The van der Waals surface area contributed by atoms with Crippen LogP contribution in [0.25, 0.3) is 0 Å². The summed E-state index contributed by atoms with van der Waals surface area (Å²) in [6.07, 6.45) is -0.121. The van der Waals surface area contributed by atoms with Gasteiger partial charge in [-0.2, -0.15) is 0 Å². The molecule has 0 N–H and O–H groups in total. The SMILES string of the molecule is COC1(OC)CO[C@@H]2[C@H](C=O)CN(C(=O)OC(C)(C)C)[C@@H]21. The molecule has 0 unspecified atom stereocenters. The van der Waals surface area contributed by atoms with Gasteiger partial charge in [-0.1, -0.05) is 0 Å². The lowest BCUT2D eigenvalue weighted by atomic mass is 10.00. The lowest BCUT2D eigenvalue weighted by molar-refractivity contribution is -0.224. The summed E-state index contributed by atoms with van der Waals surface area (Å²) in [5.41, 5.74) is -0.617. The number of ether oxygens (including phenoxy) is 4. The highest BCUT2D eigenvalue weighted by Crippen LogP contribution is 2.41. The number of nitrogens with zero attached hydrogens (tertiary/aromatic N) is 1. The molecule has 0 aromatic rings. The normalized spacial score (nSPS) is 31.1. The molecule has 7 heteroatoms. The number of amides is 1. The zero-order chi connectivity index (χ0) is 15.8. The topological polar surface area (TPSA) is 74.3 Å². The minimum absolute atomic E-state index is 0.166. The van der Waals surface area contributed by atoms with Crippen LogP contribution in [-0.2, 0) is 23.7 Å².